The standard InChI is InChI=1S/C16H29N5O3/c1-12(2)17-14(23)20-6-7-21(15(24)18(3)4)11-16(10-20)8-13(22)19(5)9-16/h12H,6-11H2,1-5H3,(H,17,23)/t16-/m0/s1. The normalized spacial score (nSPS) is 24.6. The molecule has 0 aromatic heterocycles. The van der Waals surface area contributed by atoms with E-state index in [9.17, 15) is 14.4 Å². The number of nitrogens with zero attached hydrogens (tertiary/aromatic N) is 4. The highest BCUT2D eigenvalue weighted by molar-refractivity contribution is 5.80. The van der Waals surface area contributed by atoms with E-state index in [1.165, 1.54) is 4.90 Å². The molecule has 24 heavy (non-hydrogen) atoms. The Kier molecular flexibility index (Phi) is 5.25. The van der Waals surface area contributed by atoms with E-state index in [1.807, 2.05) is 13.8 Å². The molecule has 2 aliphatic rings. The first kappa shape index (κ1) is 18.4. The molecule has 0 bridgehead atoms. The third-order valence-electron chi connectivity index (χ3n) is 4.57. The van der Waals surface area contributed by atoms with Gasteiger partial charge in [-0.15, -0.1) is 0 Å². The quantitative estimate of drug-likeness (QED) is 0.744. The van der Waals surface area contributed by atoms with E-state index in [2.05, 4.69) is 5.32 Å². The highest BCUT2D eigenvalue weighted by Gasteiger charge is 2.47. The Bertz CT molecular complexity index is 522. The van der Waals surface area contributed by atoms with Crippen LogP contribution in [0.15, 0.2) is 0 Å². The van der Waals surface area contributed by atoms with Crippen LogP contribution in [0, 0.1) is 5.41 Å². The van der Waals surface area contributed by atoms with Crippen LogP contribution in [0.2, 0.25) is 0 Å². The van der Waals surface area contributed by atoms with Gasteiger partial charge in [-0.2, -0.15) is 0 Å². The van der Waals surface area contributed by atoms with Gasteiger partial charge in [0.15, 0.2) is 0 Å². The van der Waals surface area contributed by atoms with Gasteiger partial charge in [0.1, 0.15) is 0 Å². The molecular formula is C16H29N5O3. The molecule has 8 nitrogen and oxygen atoms in total. The summed E-state index contributed by atoms with van der Waals surface area (Å²) in [5.41, 5.74) is -0.400. The average molecular weight is 339 g/mol. The molecule has 0 aliphatic carbocycles. The van der Waals surface area contributed by atoms with Crippen LogP contribution in [0.25, 0.3) is 0 Å². The predicted molar refractivity (Wildman–Crippen MR) is 90.6 cm³/mol. The molecule has 136 valence electrons. The fourth-order valence-electron chi connectivity index (χ4n) is 3.53. The maximum absolute atomic E-state index is 12.5. The summed E-state index contributed by atoms with van der Waals surface area (Å²) in [6.07, 6.45) is 0.367. The van der Waals surface area contributed by atoms with Crippen LogP contribution in [-0.2, 0) is 4.79 Å². The second-order valence-corrected chi connectivity index (χ2v) is 7.55. The predicted octanol–water partition coefficient (Wildman–Crippen LogP) is 0.252. The molecule has 2 heterocycles. The van der Waals surface area contributed by atoms with Crippen molar-refractivity contribution in [3.8, 4) is 0 Å². The van der Waals surface area contributed by atoms with Crippen molar-refractivity contribution in [2.45, 2.75) is 26.3 Å². The largest absolute Gasteiger partial charge is 0.345 e. The monoisotopic (exact) mass is 339 g/mol. The lowest BCUT2D eigenvalue weighted by atomic mass is 9.86. The average Bonchev–Trinajstić information content (AvgIpc) is 2.65. The molecule has 2 rings (SSSR count). The number of amides is 5. The molecule has 1 spiro atoms. The van der Waals surface area contributed by atoms with Gasteiger partial charge in [0, 0.05) is 71.7 Å². The number of hydrogen-bond donors (Lipinski definition) is 1. The van der Waals surface area contributed by atoms with Gasteiger partial charge < -0.3 is 24.9 Å². The summed E-state index contributed by atoms with van der Waals surface area (Å²) in [5.74, 6) is 0.0679. The van der Waals surface area contributed by atoms with E-state index >= 15 is 0 Å². The molecule has 5 amide bonds. The van der Waals surface area contributed by atoms with Crippen LogP contribution in [-0.4, -0.2) is 97.5 Å². The number of nitrogens with one attached hydrogen (secondary N) is 1. The van der Waals surface area contributed by atoms with Crippen molar-refractivity contribution in [3.05, 3.63) is 0 Å². The molecular weight excluding hydrogens is 310 g/mol. The number of likely N-dealkylation sites (tertiary alicyclic amines) is 1. The van der Waals surface area contributed by atoms with Crippen molar-refractivity contribution in [2.75, 3.05) is 53.9 Å². The maximum Gasteiger partial charge on any atom is 0.319 e. The van der Waals surface area contributed by atoms with Crippen LogP contribution in [0.4, 0.5) is 9.59 Å². The van der Waals surface area contributed by atoms with Crippen LogP contribution in [0.5, 0.6) is 0 Å². The van der Waals surface area contributed by atoms with Gasteiger partial charge in [0.2, 0.25) is 5.91 Å². The van der Waals surface area contributed by atoms with Crippen LogP contribution in [0.1, 0.15) is 20.3 Å². The second kappa shape index (κ2) is 6.86. The lowest BCUT2D eigenvalue weighted by Gasteiger charge is -2.34. The second-order valence-electron chi connectivity index (χ2n) is 7.55. The highest BCUT2D eigenvalue weighted by Crippen LogP contribution is 2.34. The third-order valence-corrected chi connectivity index (χ3v) is 4.57. The maximum atomic E-state index is 12.5. The number of carbonyl (C=O) groups is 3. The zero-order valence-electron chi connectivity index (χ0n) is 15.3. The molecule has 0 radical (unpaired) electrons. The Labute approximate surface area is 143 Å². The number of carbonyl (C=O) groups excluding carboxylic acids is 3. The van der Waals surface area contributed by atoms with Gasteiger partial charge >= 0.3 is 12.1 Å². The van der Waals surface area contributed by atoms with E-state index in [4.69, 9.17) is 0 Å². The third kappa shape index (κ3) is 3.91. The highest BCUT2D eigenvalue weighted by atomic mass is 16.2. The topological polar surface area (TPSA) is 76.2 Å². The summed E-state index contributed by atoms with van der Waals surface area (Å²) in [7, 11) is 5.21. The molecule has 8 heteroatoms. The lowest BCUT2D eigenvalue weighted by molar-refractivity contribution is -0.126. The summed E-state index contributed by atoms with van der Waals surface area (Å²) < 4.78 is 0. The zero-order chi connectivity index (χ0) is 18.1. The Balaban J connectivity index is 2.24. The van der Waals surface area contributed by atoms with Crippen molar-refractivity contribution < 1.29 is 14.4 Å². The van der Waals surface area contributed by atoms with Crippen molar-refractivity contribution in [2.24, 2.45) is 5.41 Å². The van der Waals surface area contributed by atoms with Gasteiger partial charge in [-0.05, 0) is 13.8 Å². The summed E-state index contributed by atoms with van der Waals surface area (Å²) in [6.45, 7) is 6.32. The summed E-state index contributed by atoms with van der Waals surface area (Å²) in [6, 6.07) is -0.169. The number of rotatable bonds is 1. The smallest absolute Gasteiger partial charge is 0.319 e. The molecule has 2 aliphatic heterocycles. The van der Waals surface area contributed by atoms with Crippen molar-refractivity contribution >= 4 is 18.0 Å². The van der Waals surface area contributed by atoms with Gasteiger partial charge in [0.05, 0.1) is 0 Å². The Hall–Kier alpha value is -1.99. The van der Waals surface area contributed by atoms with E-state index in [-0.39, 0.29) is 24.0 Å². The summed E-state index contributed by atoms with van der Waals surface area (Å²) in [4.78, 5) is 43.8. The first-order valence-corrected chi connectivity index (χ1v) is 8.39. The Morgan fingerprint density at radius 1 is 1.12 bits per heavy atom. The van der Waals surface area contributed by atoms with E-state index in [1.54, 1.807) is 35.8 Å². The molecule has 0 aromatic carbocycles. The fraction of sp³-hybridized carbons (Fsp3) is 0.812. The van der Waals surface area contributed by atoms with Gasteiger partial charge in [-0.1, -0.05) is 0 Å². The van der Waals surface area contributed by atoms with Crippen molar-refractivity contribution in [1.29, 1.82) is 0 Å². The number of urea groups is 2. The van der Waals surface area contributed by atoms with E-state index in [0.717, 1.165) is 0 Å². The molecule has 0 aromatic rings. The Morgan fingerprint density at radius 2 is 1.71 bits per heavy atom. The van der Waals surface area contributed by atoms with Crippen molar-refractivity contribution in [1.82, 2.24) is 24.9 Å². The van der Waals surface area contributed by atoms with Gasteiger partial charge in [0.25, 0.3) is 0 Å². The zero-order valence-corrected chi connectivity index (χ0v) is 15.3. The molecule has 1 atom stereocenters. The minimum Gasteiger partial charge on any atom is -0.345 e. The first-order chi connectivity index (χ1) is 11.1. The fourth-order valence-corrected chi connectivity index (χ4v) is 3.53. The molecule has 0 saturated carbocycles. The minimum absolute atomic E-state index is 0.0455. The van der Waals surface area contributed by atoms with Crippen LogP contribution in [0.3, 0.4) is 0 Å². The molecule has 1 N–H and O–H groups in total. The SMILES string of the molecule is CC(C)NC(=O)N1CCN(C(=O)N(C)C)C[C@]2(CC(=O)N(C)C2)C1. The lowest BCUT2D eigenvalue weighted by Crippen LogP contribution is -2.49. The summed E-state index contributed by atoms with van der Waals surface area (Å²) in [5, 5.41) is 2.91. The van der Waals surface area contributed by atoms with Gasteiger partial charge in [-0.25, -0.2) is 9.59 Å². The van der Waals surface area contributed by atoms with Crippen LogP contribution < -0.4 is 5.32 Å². The van der Waals surface area contributed by atoms with Gasteiger partial charge in [-0.3, -0.25) is 4.79 Å². The number of hydrogen-bond acceptors (Lipinski definition) is 3. The molecule has 2 fully saturated rings. The minimum atomic E-state index is -0.400. The van der Waals surface area contributed by atoms with Crippen LogP contribution >= 0.6 is 0 Å². The van der Waals surface area contributed by atoms with E-state index in [0.29, 0.717) is 39.1 Å². The molecule has 0 unspecified atom stereocenters. The molecule has 2 saturated heterocycles. The van der Waals surface area contributed by atoms with Crippen molar-refractivity contribution in [3.63, 3.8) is 0 Å². The Morgan fingerprint density at radius 3 is 2.21 bits per heavy atom. The summed E-state index contributed by atoms with van der Waals surface area (Å²) >= 11 is 0. The van der Waals surface area contributed by atoms with E-state index < -0.39 is 5.41 Å². The first-order valence-electron chi connectivity index (χ1n) is 8.39.